The fourth-order valence-electron chi connectivity index (χ4n) is 2.38. The van der Waals surface area contributed by atoms with Gasteiger partial charge in [-0.15, -0.1) is 0 Å². The van der Waals surface area contributed by atoms with Gasteiger partial charge in [-0.3, -0.25) is 4.98 Å². The standard InChI is InChI=1S/C17H17N3.CH4S/c1-11(2)15-6-4-5-13-7-17(20-10-16(13)15)14-8-18-12(3)19-9-14;1-2/h4-11H,1-3H3;2H,1H3. The van der Waals surface area contributed by atoms with E-state index in [1.165, 1.54) is 16.3 Å². The fourth-order valence-corrected chi connectivity index (χ4v) is 2.38. The number of thiol groups is 1. The van der Waals surface area contributed by atoms with Crippen molar-refractivity contribution in [3.63, 3.8) is 0 Å². The summed E-state index contributed by atoms with van der Waals surface area (Å²) in [6, 6.07) is 8.51. The van der Waals surface area contributed by atoms with E-state index in [0.29, 0.717) is 5.92 Å². The first kappa shape index (κ1) is 16.4. The van der Waals surface area contributed by atoms with E-state index in [0.717, 1.165) is 17.1 Å². The average Bonchev–Trinajstić information content (AvgIpc) is 2.56. The molecule has 0 saturated carbocycles. The summed E-state index contributed by atoms with van der Waals surface area (Å²) in [6.45, 7) is 6.29. The third-order valence-corrected chi connectivity index (χ3v) is 3.50. The molecular formula is C18H21N3S. The Morgan fingerprint density at radius 2 is 1.64 bits per heavy atom. The van der Waals surface area contributed by atoms with Gasteiger partial charge in [0.15, 0.2) is 0 Å². The van der Waals surface area contributed by atoms with Crippen LogP contribution in [0.5, 0.6) is 0 Å². The van der Waals surface area contributed by atoms with E-state index < -0.39 is 0 Å². The van der Waals surface area contributed by atoms with Crippen molar-refractivity contribution in [3.05, 3.63) is 54.2 Å². The van der Waals surface area contributed by atoms with E-state index in [9.17, 15) is 0 Å². The molecule has 0 amide bonds. The summed E-state index contributed by atoms with van der Waals surface area (Å²) >= 11 is 3.53. The van der Waals surface area contributed by atoms with Gasteiger partial charge in [0, 0.05) is 29.5 Å². The molecule has 114 valence electrons. The first-order valence-corrected chi connectivity index (χ1v) is 8.17. The minimum Gasteiger partial charge on any atom is -0.255 e. The van der Waals surface area contributed by atoms with Gasteiger partial charge < -0.3 is 0 Å². The minimum absolute atomic E-state index is 0.494. The van der Waals surface area contributed by atoms with Gasteiger partial charge >= 0.3 is 0 Å². The third kappa shape index (κ3) is 3.45. The highest BCUT2D eigenvalue weighted by Crippen LogP contribution is 2.27. The second-order valence-corrected chi connectivity index (χ2v) is 5.31. The van der Waals surface area contributed by atoms with Crippen molar-refractivity contribution >= 4 is 23.4 Å². The minimum atomic E-state index is 0.494. The smallest absolute Gasteiger partial charge is 0.125 e. The van der Waals surface area contributed by atoms with Crippen molar-refractivity contribution in [1.82, 2.24) is 15.0 Å². The number of nitrogens with zero attached hydrogens (tertiary/aromatic N) is 3. The molecule has 0 unspecified atom stereocenters. The molecule has 3 rings (SSSR count). The lowest BCUT2D eigenvalue weighted by Gasteiger charge is -2.10. The van der Waals surface area contributed by atoms with Crippen molar-refractivity contribution in [2.24, 2.45) is 0 Å². The van der Waals surface area contributed by atoms with Crippen molar-refractivity contribution in [1.29, 1.82) is 0 Å². The Labute approximate surface area is 137 Å². The highest BCUT2D eigenvalue weighted by atomic mass is 32.1. The molecule has 0 bridgehead atoms. The summed E-state index contributed by atoms with van der Waals surface area (Å²) in [6.07, 6.45) is 7.30. The molecule has 2 aromatic heterocycles. The summed E-state index contributed by atoms with van der Waals surface area (Å²) in [5.41, 5.74) is 3.20. The lowest BCUT2D eigenvalue weighted by atomic mass is 9.97. The van der Waals surface area contributed by atoms with Crippen LogP contribution in [0.4, 0.5) is 0 Å². The number of rotatable bonds is 2. The maximum absolute atomic E-state index is 4.57. The molecular weight excluding hydrogens is 290 g/mol. The molecule has 1 aromatic carbocycles. The van der Waals surface area contributed by atoms with E-state index in [2.05, 4.69) is 65.7 Å². The van der Waals surface area contributed by atoms with Gasteiger partial charge in [-0.05, 0) is 36.1 Å². The quantitative estimate of drug-likeness (QED) is 0.699. The first-order chi connectivity index (χ1) is 10.6. The highest BCUT2D eigenvalue weighted by molar-refractivity contribution is 7.79. The molecule has 0 spiro atoms. The Hall–Kier alpha value is -1.94. The Morgan fingerprint density at radius 3 is 2.27 bits per heavy atom. The van der Waals surface area contributed by atoms with Gasteiger partial charge in [0.25, 0.3) is 0 Å². The van der Waals surface area contributed by atoms with Crippen LogP contribution in [-0.4, -0.2) is 21.2 Å². The highest BCUT2D eigenvalue weighted by Gasteiger charge is 2.07. The van der Waals surface area contributed by atoms with Crippen molar-refractivity contribution in [2.75, 3.05) is 6.26 Å². The molecule has 0 aliphatic rings. The van der Waals surface area contributed by atoms with E-state index >= 15 is 0 Å². The predicted molar refractivity (Wildman–Crippen MR) is 96.5 cm³/mol. The number of aryl methyl sites for hydroxylation is 1. The van der Waals surface area contributed by atoms with Crippen molar-refractivity contribution in [3.8, 4) is 11.3 Å². The molecule has 0 atom stereocenters. The van der Waals surface area contributed by atoms with Gasteiger partial charge in [0.05, 0.1) is 5.69 Å². The second-order valence-electron chi connectivity index (χ2n) is 5.31. The molecule has 0 saturated heterocycles. The van der Waals surface area contributed by atoms with Gasteiger partial charge in [0.1, 0.15) is 5.82 Å². The van der Waals surface area contributed by atoms with Crippen molar-refractivity contribution in [2.45, 2.75) is 26.7 Å². The lowest BCUT2D eigenvalue weighted by Crippen LogP contribution is -1.93. The molecule has 0 radical (unpaired) electrons. The molecule has 4 heteroatoms. The van der Waals surface area contributed by atoms with E-state index in [4.69, 9.17) is 0 Å². The molecule has 0 aliphatic carbocycles. The maximum atomic E-state index is 4.57. The average molecular weight is 311 g/mol. The van der Waals surface area contributed by atoms with Crippen LogP contribution in [-0.2, 0) is 0 Å². The van der Waals surface area contributed by atoms with E-state index in [-0.39, 0.29) is 0 Å². The van der Waals surface area contributed by atoms with Crippen LogP contribution in [0.15, 0.2) is 42.9 Å². The molecule has 2 heterocycles. The molecule has 3 aromatic rings. The topological polar surface area (TPSA) is 38.7 Å². The summed E-state index contributed by atoms with van der Waals surface area (Å²) in [5, 5.41) is 2.43. The monoisotopic (exact) mass is 311 g/mol. The Kier molecular flexibility index (Phi) is 5.50. The van der Waals surface area contributed by atoms with E-state index in [1.54, 1.807) is 6.26 Å². The number of pyridine rings is 1. The van der Waals surface area contributed by atoms with Gasteiger partial charge in [-0.1, -0.05) is 32.0 Å². The van der Waals surface area contributed by atoms with Crippen LogP contribution < -0.4 is 0 Å². The zero-order valence-corrected chi connectivity index (χ0v) is 14.3. The van der Waals surface area contributed by atoms with Crippen LogP contribution in [0.2, 0.25) is 0 Å². The van der Waals surface area contributed by atoms with Crippen LogP contribution in [0.3, 0.4) is 0 Å². The number of hydrogen-bond acceptors (Lipinski definition) is 4. The maximum Gasteiger partial charge on any atom is 0.125 e. The van der Waals surface area contributed by atoms with Gasteiger partial charge in [-0.2, -0.15) is 12.6 Å². The number of aromatic nitrogens is 3. The summed E-state index contributed by atoms with van der Waals surface area (Å²) in [5.74, 6) is 1.27. The SMILES string of the molecule is CS.Cc1ncc(-c2cc3cccc(C(C)C)c3cn2)cn1. The molecule has 0 aliphatic heterocycles. The van der Waals surface area contributed by atoms with Crippen LogP contribution in [0.25, 0.3) is 22.0 Å². The van der Waals surface area contributed by atoms with E-state index in [1.807, 2.05) is 25.5 Å². The molecule has 0 fully saturated rings. The number of hydrogen-bond donors (Lipinski definition) is 1. The zero-order valence-electron chi connectivity index (χ0n) is 13.4. The largest absolute Gasteiger partial charge is 0.255 e. The zero-order chi connectivity index (χ0) is 16.1. The van der Waals surface area contributed by atoms with Crippen molar-refractivity contribution < 1.29 is 0 Å². The molecule has 3 nitrogen and oxygen atoms in total. The Balaban J connectivity index is 0.000000847. The van der Waals surface area contributed by atoms with Crippen LogP contribution in [0.1, 0.15) is 31.2 Å². The third-order valence-electron chi connectivity index (χ3n) is 3.50. The molecule has 22 heavy (non-hydrogen) atoms. The summed E-state index contributed by atoms with van der Waals surface area (Å²) < 4.78 is 0. The number of fused-ring (bicyclic) bond motifs is 1. The first-order valence-electron chi connectivity index (χ1n) is 7.27. The lowest BCUT2D eigenvalue weighted by molar-refractivity contribution is 0.876. The van der Waals surface area contributed by atoms with Gasteiger partial charge in [-0.25, -0.2) is 9.97 Å². The molecule has 0 N–H and O–H groups in total. The van der Waals surface area contributed by atoms with Crippen LogP contribution in [0, 0.1) is 6.92 Å². The summed E-state index contributed by atoms with van der Waals surface area (Å²) in [7, 11) is 0. The fraction of sp³-hybridized carbons (Fsp3) is 0.278. The second kappa shape index (κ2) is 7.36. The number of benzene rings is 1. The normalized spacial score (nSPS) is 10.5. The Bertz CT molecular complexity index is 752. The van der Waals surface area contributed by atoms with Crippen LogP contribution >= 0.6 is 12.6 Å². The van der Waals surface area contributed by atoms with Gasteiger partial charge in [0.2, 0.25) is 0 Å². The Morgan fingerprint density at radius 1 is 0.955 bits per heavy atom. The summed E-state index contributed by atoms with van der Waals surface area (Å²) in [4.78, 5) is 13.0. The predicted octanol–water partition coefficient (Wildman–Crippen LogP) is 4.67.